The van der Waals surface area contributed by atoms with Crippen LogP contribution in [0.5, 0.6) is 0 Å². The van der Waals surface area contributed by atoms with Crippen molar-refractivity contribution in [2.45, 2.75) is 17.6 Å². The molecule has 2 aromatic carbocycles. The summed E-state index contributed by atoms with van der Waals surface area (Å²) in [4.78, 5) is 29.2. The first kappa shape index (κ1) is 20.9. The highest BCUT2D eigenvalue weighted by molar-refractivity contribution is 7.98. The third kappa shape index (κ3) is 5.62. The standard InChI is InChI=1S/C23H19N3O3S2/c1-15(27)24-17-9-7-16(8-10-17)20-14-31-23(25-20)26-22(28)21-12-11-18(29-21)13-30-19-5-3-2-4-6-19/h2-12,14H,13H2,1H3,(H,24,27)(H,25,26,28). The highest BCUT2D eigenvalue weighted by Gasteiger charge is 2.14. The van der Waals surface area contributed by atoms with Crippen LogP contribution < -0.4 is 10.6 Å². The number of benzene rings is 2. The van der Waals surface area contributed by atoms with Crippen LogP contribution in [0.1, 0.15) is 23.2 Å². The fraction of sp³-hybridized carbons (Fsp3) is 0.0870. The van der Waals surface area contributed by atoms with Crippen molar-refractivity contribution >= 4 is 45.7 Å². The van der Waals surface area contributed by atoms with Crippen LogP contribution in [0.4, 0.5) is 10.8 Å². The first-order valence-corrected chi connectivity index (χ1v) is 11.3. The zero-order valence-corrected chi connectivity index (χ0v) is 18.3. The number of nitrogens with zero attached hydrogens (tertiary/aromatic N) is 1. The number of carbonyl (C=O) groups is 2. The van der Waals surface area contributed by atoms with E-state index in [9.17, 15) is 9.59 Å². The average molecular weight is 450 g/mol. The van der Waals surface area contributed by atoms with E-state index in [2.05, 4.69) is 15.6 Å². The minimum atomic E-state index is -0.335. The van der Waals surface area contributed by atoms with Crippen molar-refractivity contribution in [1.82, 2.24) is 4.98 Å². The zero-order chi connectivity index (χ0) is 21.6. The van der Waals surface area contributed by atoms with Crippen LogP contribution in [0.25, 0.3) is 11.3 Å². The molecule has 2 amide bonds. The molecule has 0 aliphatic heterocycles. The molecule has 0 saturated carbocycles. The molecule has 6 nitrogen and oxygen atoms in total. The molecular weight excluding hydrogens is 430 g/mol. The van der Waals surface area contributed by atoms with E-state index in [0.29, 0.717) is 10.9 Å². The lowest BCUT2D eigenvalue weighted by molar-refractivity contribution is -0.114. The number of nitrogens with one attached hydrogen (secondary N) is 2. The molecule has 31 heavy (non-hydrogen) atoms. The molecule has 0 atom stereocenters. The molecule has 0 fully saturated rings. The van der Waals surface area contributed by atoms with Crippen LogP contribution in [0, 0.1) is 0 Å². The van der Waals surface area contributed by atoms with Crippen LogP contribution in [0.2, 0.25) is 0 Å². The van der Waals surface area contributed by atoms with Gasteiger partial charge in [0.15, 0.2) is 10.9 Å². The minimum absolute atomic E-state index is 0.119. The van der Waals surface area contributed by atoms with Gasteiger partial charge in [0.1, 0.15) is 5.76 Å². The summed E-state index contributed by atoms with van der Waals surface area (Å²) in [5, 5.41) is 7.87. The van der Waals surface area contributed by atoms with E-state index >= 15 is 0 Å². The molecule has 0 aliphatic rings. The number of aromatic nitrogens is 1. The van der Waals surface area contributed by atoms with Gasteiger partial charge in [-0.2, -0.15) is 0 Å². The maximum atomic E-state index is 12.5. The van der Waals surface area contributed by atoms with E-state index in [1.54, 1.807) is 17.8 Å². The Morgan fingerprint density at radius 3 is 2.52 bits per heavy atom. The van der Waals surface area contributed by atoms with Crippen LogP contribution >= 0.6 is 23.1 Å². The number of hydrogen-bond donors (Lipinski definition) is 2. The van der Waals surface area contributed by atoms with Gasteiger partial charge in [-0.15, -0.1) is 23.1 Å². The summed E-state index contributed by atoms with van der Waals surface area (Å²) < 4.78 is 5.69. The third-order valence-electron chi connectivity index (χ3n) is 4.24. The van der Waals surface area contributed by atoms with Crippen molar-refractivity contribution in [2.75, 3.05) is 10.6 Å². The molecule has 0 aliphatic carbocycles. The average Bonchev–Trinajstić information content (AvgIpc) is 3.43. The topological polar surface area (TPSA) is 84.2 Å². The predicted octanol–water partition coefficient (Wildman–Crippen LogP) is 5.91. The maximum Gasteiger partial charge on any atom is 0.293 e. The summed E-state index contributed by atoms with van der Waals surface area (Å²) in [7, 11) is 0. The number of amides is 2. The highest BCUT2D eigenvalue weighted by Crippen LogP contribution is 2.27. The fourth-order valence-corrected chi connectivity index (χ4v) is 4.33. The predicted molar refractivity (Wildman–Crippen MR) is 125 cm³/mol. The Kier molecular flexibility index (Phi) is 6.49. The van der Waals surface area contributed by atoms with Crippen molar-refractivity contribution in [3.05, 3.63) is 83.6 Å². The van der Waals surface area contributed by atoms with Gasteiger partial charge in [0.25, 0.3) is 5.91 Å². The molecule has 8 heteroatoms. The Labute approximate surface area is 187 Å². The number of anilines is 2. The van der Waals surface area contributed by atoms with E-state index in [4.69, 9.17) is 4.42 Å². The molecule has 156 valence electrons. The number of furan rings is 1. The first-order valence-electron chi connectivity index (χ1n) is 9.48. The van der Waals surface area contributed by atoms with Crippen LogP contribution in [-0.2, 0) is 10.5 Å². The molecule has 0 bridgehead atoms. The Morgan fingerprint density at radius 2 is 1.77 bits per heavy atom. The second kappa shape index (κ2) is 9.63. The number of hydrogen-bond acceptors (Lipinski definition) is 6. The Hall–Kier alpha value is -3.36. The summed E-state index contributed by atoms with van der Waals surface area (Å²) in [5.41, 5.74) is 2.36. The fourth-order valence-electron chi connectivity index (χ4n) is 2.80. The van der Waals surface area contributed by atoms with Gasteiger partial charge in [0, 0.05) is 28.5 Å². The molecule has 2 N–H and O–H groups in total. The molecule has 0 radical (unpaired) electrons. The minimum Gasteiger partial charge on any atom is -0.455 e. The van der Waals surface area contributed by atoms with Gasteiger partial charge in [0.2, 0.25) is 5.91 Å². The second-order valence-electron chi connectivity index (χ2n) is 6.62. The van der Waals surface area contributed by atoms with Gasteiger partial charge in [-0.25, -0.2) is 4.98 Å². The molecular formula is C23H19N3O3S2. The lowest BCUT2D eigenvalue weighted by Gasteiger charge is -2.02. The van der Waals surface area contributed by atoms with Gasteiger partial charge in [-0.1, -0.05) is 30.3 Å². The van der Waals surface area contributed by atoms with E-state index in [-0.39, 0.29) is 17.6 Å². The summed E-state index contributed by atoms with van der Waals surface area (Å²) in [5.74, 6) is 1.18. The third-order valence-corrected chi connectivity index (χ3v) is 6.03. The largest absolute Gasteiger partial charge is 0.455 e. The maximum absolute atomic E-state index is 12.5. The smallest absolute Gasteiger partial charge is 0.293 e. The summed E-state index contributed by atoms with van der Waals surface area (Å²) in [6.07, 6.45) is 0. The molecule has 0 unspecified atom stereocenters. The lowest BCUT2D eigenvalue weighted by Crippen LogP contribution is -2.10. The van der Waals surface area contributed by atoms with Crippen LogP contribution in [0.15, 0.2) is 81.4 Å². The quantitative estimate of drug-likeness (QED) is 0.343. The highest BCUT2D eigenvalue weighted by atomic mass is 32.2. The van der Waals surface area contributed by atoms with E-state index in [0.717, 1.165) is 27.6 Å². The van der Waals surface area contributed by atoms with Crippen molar-refractivity contribution < 1.29 is 14.0 Å². The van der Waals surface area contributed by atoms with Crippen molar-refractivity contribution in [3.63, 3.8) is 0 Å². The SMILES string of the molecule is CC(=O)Nc1ccc(-c2csc(NC(=O)c3ccc(CSc4ccccc4)o3)n2)cc1. The number of thioether (sulfide) groups is 1. The second-order valence-corrected chi connectivity index (χ2v) is 8.53. The monoisotopic (exact) mass is 449 g/mol. The van der Waals surface area contributed by atoms with Crippen LogP contribution in [0.3, 0.4) is 0 Å². The Morgan fingerprint density at radius 1 is 1.00 bits per heavy atom. The Bertz CT molecular complexity index is 1180. The van der Waals surface area contributed by atoms with E-state index in [1.807, 2.05) is 66.0 Å². The Balaban J connectivity index is 1.36. The lowest BCUT2D eigenvalue weighted by atomic mass is 10.1. The first-order chi connectivity index (χ1) is 15.1. The normalized spacial score (nSPS) is 10.6. The van der Waals surface area contributed by atoms with Gasteiger partial charge in [0.05, 0.1) is 11.4 Å². The molecule has 0 spiro atoms. The molecule has 2 aromatic heterocycles. The van der Waals surface area contributed by atoms with E-state index in [1.165, 1.54) is 18.3 Å². The number of thiazole rings is 1. The van der Waals surface area contributed by atoms with Gasteiger partial charge >= 0.3 is 0 Å². The summed E-state index contributed by atoms with van der Waals surface area (Å²) in [6.45, 7) is 1.47. The summed E-state index contributed by atoms with van der Waals surface area (Å²) in [6, 6.07) is 20.9. The van der Waals surface area contributed by atoms with Gasteiger partial charge < -0.3 is 9.73 Å². The van der Waals surface area contributed by atoms with Crippen LogP contribution in [-0.4, -0.2) is 16.8 Å². The zero-order valence-electron chi connectivity index (χ0n) is 16.6. The summed E-state index contributed by atoms with van der Waals surface area (Å²) >= 11 is 2.99. The number of carbonyl (C=O) groups excluding carboxylic acids is 2. The van der Waals surface area contributed by atoms with Gasteiger partial charge in [-0.3, -0.25) is 14.9 Å². The van der Waals surface area contributed by atoms with Crippen molar-refractivity contribution in [1.29, 1.82) is 0 Å². The van der Waals surface area contributed by atoms with Crippen molar-refractivity contribution in [3.8, 4) is 11.3 Å². The molecule has 0 saturated heterocycles. The molecule has 2 heterocycles. The van der Waals surface area contributed by atoms with Crippen molar-refractivity contribution in [2.24, 2.45) is 0 Å². The number of rotatable bonds is 7. The van der Waals surface area contributed by atoms with E-state index < -0.39 is 0 Å². The van der Waals surface area contributed by atoms with Gasteiger partial charge in [-0.05, 0) is 36.4 Å². The molecule has 4 aromatic rings. The molecule has 4 rings (SSSR count).